The third-order valence-corrected chi connectivity index (χ3v) is 2.63. The number of hydrogen-bond acceptors (Lipinski definition) is 5. The van der Waals surface area contributed by atoms with Gasteiger partial charge in [0.05, 0.1) is 5.69 Å². The van der Waals surface area contributed by atoms with Crippen LogP contribution in [0.1, 0.15) is 5.69 Å². The molecular formula is C10H14N4O2. The van der Waals surface area contributed by atoms with E-state index in [2.05, 4.69) is 15.3 Å². The van der Waals surface area contributed by atoms with Crippen LogP contribution in [-0.4, -0.2) is 46.7 Å². The Morgan fingerprint density at radius 2 is 2.31 bits per heavy atom. The summed E-state index contributed by atoms with van der Waals surface area (Å²) in [5.41, 5.74) is 0.827. The number of anilines is 1. The highest BCUT2D eigenvalue weighted by atomic mass is 16.4. The fourth-order valence-electron chi connectivity index (χ4n) is 1.82. The molecule has 0 bridgehead atoms. The Morgan fingerprint density at radius 3 is 3.00 bits per heavy atom. The molecule has 0 unspecified atom stereocenters. The Morgan fingerprint density at radius 1 is 1.56 bits per heavy atom. The molecule has 2 rings (SSSR count). The SMILES string of the molecule is Cc1nccnc1N1CCN[C@@H](C(=O)O)C1. The maximum Gasteiger partial charge on any atom is 0.322 e. The number of carbonyl (C=O) groups is 1. The summed E-state index contributed by atoms with van der Waals surface area (Å²) in [5, 5.41) is 11.9. The number of aryl methyl sites for hydroxylation is 1. The molecule has 1 aliphatic heterocycles. The van der Waals surface area contributed by atoms with E-state index < -0.39 is 12.0 Å². The van der Waals surface area contributed by atoms with E-state index in [-0.39, 0.29) is 0 Å². The van der Waals surface area contributed by atoms with Gasteiger partial charge in [-0.05, 0) is 6.92 Å². The van der Waals surface area contributed by atoms with Gasteiger partial charge in [-0.25, -0.2) is 4.98 Å². The van der Waals surface area contributed by atoms with Crippen LogP contribution in [0.4, 0.5) is 5.82 Å². The molecular weight excluding hydrogens is 208 g/mol. The van der Waals surface area contributed by atoms with Crippen molar-refractivity contribution in [1.29, 1.82) is 0 Å². The molecule has 6 heteroatoms. The third-order valence-electron chi connectivity index (χ3n) is 2.63. The molecule has 0 radical (unpaired) electrons. The van der Waals surface area contributed by atoms with E-state index in [0.29, 0.717) is 13.1 Å². The van der Waals surface area contributed by atoms with Crippen molar-refractivity contribution in [2.45, 2.75) is 13.0 Å². The van der Waals surface area contributed by atoms with Crippen molar-refractivity contribution in [3.63, 3.8) is 0 Å². The van der Waals surface area contributed by atoms with Crippen molar-refractivity contribution < 1.29 is 9.90 Å². The summed E-state index contributed by atoms with van der Waals surface area (Å²) in [7, 11) is 0. The summed E-state index contributed by atoms with van der Waals surface area (Å²) in [6.07, 6.45) is 3.26. The average Bonchev–Trinajstić information content (AvgIpc) is 2.30. The Bertz CT molecular complexity index is 396. The van der Waals surface area contributed by atoms with Gasteiger partial charge in [-0.3, -0.25) is 9.78 Å². The minimum absolute atomic E-state index is 0.425. The summed E-state index contributed by atoms with van der Waals surface area (Å²) in [4.78, 5) is 21.2. The summed E-state index contributed by atoms with van der Waals surface area (Å²) in [6, 6.07) is -0.532. The van der Waals surface area contributed by atoms with Crippen LogP contribution in [0.3, 0.4) is 0 Å². The summed E-state index contributed by atoms with van der Waals surface area (Å²) >= 11 is 0. The first-order chi connectivity index (χ1) is 7.68. The molecule has 1 fully saturated rings. The van der Waals surface area contributed by atoms with Crippen LogP contribution in [0.5, 0.6) is 0 Å². The minimum Gasteiger partial charge on any atom is -0.480 e. The Hall–Kier alpha value is -1.69. The summed E-state index contributed by atoms with van der Waals surface area (Å²) in [5.74, 6) is -0.0542. The van der Waals surface area contributed by atoms with Gasteiger partial charge in [-0.2, -0.15) is 0 Å². The van der Waals surface area contributed by atoms with Gasteiger partial charge in [0.15, 0.2) is 0 Å². The van der Waals surface area contributed by atoms with Gasteiger partial charge >= 0.3 is 5.97 Å². The quantitative estimate of drug-likeness (QED) is 0.712. The molecule has 86 valence electrons. The molecule has 6 nitrogen and oxygen atoms in total. The van der Waals surface area contributed by atoms with Gasteiger partial charge in [0.25, 0.3) is 0 Å². The largest absolute Gasteiger partial charge is 0.480 e. The number of carboxylic acid groups (broad SMARTS) is 1. The predicted molar refractivity (Wildman–Crippen MR) is 58.4 cm³/mol. The van der Waals surface area contributed by atoms with E-state index in [0.717, 1.165) is 18.1 Å². The lowest BCUT2D eigenvalue weighted by Gasteiger charge is -2.32. The molecule has 2 N–H and O–H groups in total. The summed E-state index contributed by atoms with van der Waals surface area (Å²) in [6.45, 7) is 3.70. The fourth-order valence-corrected chi connectivity index (χ4v) is 1.82. The molecule has 0 aromatic carbocycles. The third kappa shape index (κ3) is 2.11. The first-order valence-corrected chi connectivity index (χ1v) is 5.17. The van der Waals surface area contributed by atoms with Crippen LogP contribution < -0.4 is 10.2 Å². The number of nitrogens with zero attached hydrogens (tertiary/aromatic N) is 3. The zero-order chi connectivity index (χ0) is 11.5. The van der Waals surface area contributed by atoms with Crippen molar-refractivity contribution >= 4 is 11.8 Å². The van der Waals surface area contributed by atoms with Gasteiger partial charge in [0, 0.05) is 32.0 Å². The molecule has 1 aliphatic rings. The molecule has 1 atom stereocenters. The van der Waals surface area contributed by atoms with Crippen molar-refractivity contribution in [2.75, 3.05) is 24.5 Å². The number of aromatic nitrogens is 2. The van der Waals surface area contributed by atoms with Crippen LogP contribution in [0.2, 0.25) is 0 Å². The van der Waals surface area contributed by atoms with E-state index in [4.69, 9.17) is 5.11 Å². The lowest BCUT2D eigenvalue weighted by molar-refractivity contribution is -0.139. The number of aliphatic carboxylic acids is 1. The molecule has 1 aromatic heterocycles. The maximum atomic E-state index is 10.9. The predicted octanol–water partition coefficient (Wildman–Crippen LogP) is -0.352. The number of hydrogen-bond donors (Lipinski definition) is 2. The minimum atomic E-state index is -0.828. The van der Waals surface area contributed by atoms with Crippen LogP contribution in [-0.2, 0) is 4.79 Å². The molecule has 1 aromatic rings. The zero-order valence-electron chi connectivity index (χ0n) is 9.05. The highest BCUT2D eigenvalue weighted by molar-refractivity contribution is 5.74. The van der Waals surface area contributed by atoms with E-state index in [1.807, 2.05) is 11.8 Å². The molecule has 16 heavy (non-hydrogen) atoms. The van der Waals surface area contributed by atoms with Gasteiger partial charge in [-0.1, -0.05) is 0 Å². The molecule has 0 amide bonds. The second-order valence-corrected chi connectivity index (χ2v) is 3.76. The van der Waals surface area contributed by atoms with Crippen molar-refractivity contribution in [3.8, 4) is 0 Å². The van der Waals surface area contributed by atoms with Crippen molar-refractivity contribution in [2.24, 2.45) is 0 Å². The van der Waals surface area contributed by atoms with Crippen LogP contribution in [0, 0.1) is 6.92 Å². The van der Waals surface area contributed by atoms with Crippen LogP contribution in [0.25, 0.3) is 0 Å². The highest BCUT2D eigenvalue weighted by Gasteiger charge is 2.26. The van der Waals surface area contributed by atoms with Gasteiger partial charge in [0.2, 0.25) is 0 Å². The Kier molecular flexibility index (Phi) is 3.00. The standard InChI is InChI=1S/C10H14N4O2/c1-7-9(13-3-2-11-7)14-5-4-12-8(6-14)10(15)16/h2-3,8,12H,4-6H2,1H3,(H,15,16)/t8-/m1/s1. The zero-order valence-corrected chi connectivity index (χ0v) is 9.05. The number of piperazine rings is 1. The van der Waals surface area contributed by atoms with E-state index in [9.17, 15) is 4.79 Å². The Balaban J connectivity index is 2.16. The number of rotatable bonds is 2. The number of carboxylic acids is 1. The first-order valence-electron chi connectivity index (χ1n) is 5.17. The molecule has 0 aliphatic carbocycles. The van der Waals surface area contributed by atoms with Gasteiger partial charge in [-0.15, -0.1) is 0 Å². The lowest BCUT2D eigenvalue weighted by atomic mass is 10.2. The monoisotopic (exact) mass is 222 g/mol. The second kappa shape index (κ2) is 4.44. The van der Waals surface area contributed by atoms with Gasteiger partial charge < -0.3 is 15.3 Å². The van der Waals surface area contributed by atoms with Crippen molar-refractivity contribution in [3.05, 3.63) is 18.1 Å². The normalized spacial score (nSPS) is 20.8. The van der Waals surface area contributed by atoms with Gasteiger partial charge in [0.1, 0.15) is 11.9 Å². The highest BCUT2D eigenvalue weighted by Crippen LogP contribution is 2.15. The summed E-state index contributed by atoms with van der Waals surface area (Å²) < 4.78 is 0. The Labute approximate surface area is 93.3 Å². The fraction of sp³-hybridized carbons (Fsp3) is 0.500. The van der Waals surface area contributed by atoms with Crippen molar-refractivity contribution in [1.82, 2.24) is 15.3 Å². The molecule has 1 saturated heterocycles. The first kappa shape index (κ1) is 10.8. The van der Waals surface area contributed by atoms with E-state index >= 15 is 0 Å². The van der Waals surface area contributed by atoms with Crippen LogP contribution in [0.15, 0.2) is 12.4 Å². The second-order valence-electron chi connectivity index (χ2n) is 3.76. The van der Waals surface area contributed by atoms with E-state index in [1.165, 1.54) is 0 Å². The van der Waals surface area contributed by atoms with E-state index in [1.54, 1.807) is 12.4 Å². The number of nitrogens with one attached hydrogen (secondary N) is 1. The van der Waals surface area contributed by atoms with Crippen LogP contribution >= 0.6 is 0 Å². The lowest BCUT2D eigenvalue weighted by Crippen LogP contribution is -2.54. The maximum absolute atomic E-state index is 10.9. The molecule has 0 spiro atoms. The molecule has 0 saturated carbocycles. The molecule has 2 heterocycles. The average molecular weight is 222 g/mol. The topological polar surface area (TPSA) is 78.4 Å². The smallest absolute Gasteiger partial charge is 0.322 e.